The van der Waals surface area contributed by atoms with Gasteiger partial charge in [-0.15, -0.1) is 0 Å². The Morgan fingerprint density at radius 1 is 1.21 bits per heavy atom. The fourth-order valence-electron chi connectivity index (χ4n) is 2.36. The Bertz CT molecular complexity index is 606. The van der Waals surface area contributed by atoms with Crippen molar-refractivity contribution in [2.75, 3.05) is 18.4 Å². The summed E-state index contributed by atoms with van der Waals surface area (Å²) in [6.07, 6.45) is 6.00. The van der Waals surface area contributed by atoms with Gasteiger partial charge >= 0.3 is 0 Å². The number of unbranched alkanes of at least 4 members (excludes halogenated alkanes) is 2. The van der Waals surface area contributed by atoms with Crippen molar-refractivity contribution in [3.05, 3.63) is 41.1 Å². The number of nitrogens with zero attached hydrogens (tertiary/aromatic N) is 2. The SMILES string of the molecule is CCCCN(/C=C(/C#N)C(=O)Nc1cccc(C)c1C)CCCC. The molecule has 1 aromatic carbocycles. The monoisotopic (exact) mass is 327 g/mol. The van der Waals surface area contributed by atoms with Crippen LogP contribution < -0.4 is 5.32 Å². The van der Waals surface area contributed by atoms with E-state index < -0.39 is 0 Å². The van der Waals surface area contributed by atoms with Crippen LogP contribution in [0.15, 0.2) is 30.0 Å². The van der Waals surface area contributed by atoms with E-state index in [4.69, 9.17) is 0 Å². The van der Waals surface area contributed by atoms with Crippen molar-refractivity contribution in [1.29, 1.82) is 5.26 Å². The summed E-state index contributed by atoms with van der Waals surface area (Å²) in [6, 6.07) is 7.82. The van der Waals surface area contributed by atoms with Gasteiger partial charge in [0.25, 0.3) is 5.91 Å². The Morgan fingerprint density at radius 3 is 2.38 bits per heavy atom. The van der Waals surface area contributed by atoms with Crippen LogP contribution in [0.25, 0.3) is 0 Å². The molecule has 0 heterocycles. The lowest BCUT2D eigenvalue weighted by atomic mass is 10.1. The van der Waals surface area contributed by atoms with Gasteiger partial charge in [0.15, 0.2) is 0 Å². The molecule has 1 rings (SSSR count). The van der Waals surface area contributed by atoms with Crippen molar-refractivity contribution in [2.24, 2.45) is 0 Å². The number of nitriles is 1. The first kappa shape index (κ1) is 19.8. The van der Waals surface area contributed by atoms with Gasteiger partial charge in [-0.2, -0.15) is 5.26 Å². The molecule has 0 bridgehead atoms. The average Bonchev–Trinajstić information content (AvgIpc) is 2.58. The second-order valence-electron chi connectivity index (χ2n) is 6.10. The first-order valence-electron chi connectivity index (χ1n) is 8.77. The molecule has 1 aromatic rings. The molecule has 130 valence electrons. The molecule has 0 aromatic heterocycles. The van der Waals surface area contributed by atoms with E-state index in [1.54, 1.807) is 6.20 Å². The fraction of sp³-hybridized carbons (Fsp3) is 0.500. The van der Waals surface area contributed by atoms with Crippen LogP contribution in [0, 0.1) is 25.2 Å². The Hall–Kier alpha value is -2.28. The molecule has 0 saturated carbocycles. The minimum atomic E-state index is -0.343. The van der Waals surface area contributed by atoms with E-state index in [0.717, 1.165) is 55.6 Å². The minimum Gasteiger partial charge on any atom is -0.376 e. The predicted molar refractivity (Wildman–Crippen MR) is 99.6 cm³/mol. The molecule has 0 fully saturated rings. The summed E-state index contributed by atoms with van der Waals surface area (Å²) in [6.45, 7) is 10.00. The van der Waals surface area contributed by atoms with Crippen molar-refractivity contribution < 1.29 is 4.79 Å². The number of carbonyl (C=O) groups excluding carboxylic acids is 1. The summed E-state index contributed by atoms with van der Waals surface area (Å²) < 4.78 is 0. The zero-order valence-electron chi connectivity index (χ0n) is 15.4. The maximum absolute atomic E-state index is 12.5. The third kappa shape index (κ3) is 6.08. The lowest BCUT2D eigenvalue weighted by molar-refractivity contribution is -0.112. The van der Waals surface area contributed by atoms with E-state index >= 15 is 0 Å². The summed E-state index contributed by atoms with van der Waals surface area (Å²) >= 11 is 0. The zero-order chi connectivity index (χ0) is 17.9. The Balaban J connectivity index is 2.89. The molecular weight excluding hydrogens is 298 g/mol. The topological polar surface area (TPSA) is 56.1 Å². The minimum absolute atomic E-state index is 0.156. The third-order valence-electron chi connectivity index (χ3n) is 4.13. The van der Waals surface area contributed by atoms with Crippen LogP contribution in [0.5, 0.6) is 0 Å². The quantitative estimate of drug-likeness (QED) is 0.534. The van der Waals surface area contributed by atoms with Gasteiger partial charge in [0, 0.05) is 25.0 Å². The van der Waals surface area contributed by atoms with Crippen LogP contribution >= 0.6 is 0 Å². The van der Waals surface area contributed by atoms with Gasteiger partial charge in [-0.25, -0.2) is 0 Å². The largest absolute Gasteiger partial charge is 0.376 e. The number of aryl methyl sites for hydroxylation is 1. The van der Waals surface area contributed by atoms with E-state index in [9.17, 15) is 10.1 Å². The van der Waals surface area contributed by atoms with Crippen LogP contribution in [0.2, 0.25) is 0 Å². The molecular formula is C20H29N3O. The summed E-state index contributed by atoms with van der Waals surface area (Å²) in [5.41, 5.74) is 3.05. The first-order valence-corrected chi connectivity index (χ1v) is 8.77. The molecule has 0 spiro atoms. The molecule has 0 aliphatic carbocycles. The van der Waals surface area contributed by atoms with Gasteiger partial charge in [0.1, 0.15) is 11.6 Å². The highest BCUT2D eigenvalue weighted by atomic mass is 16.1. The van der Waals surface area contributed by atoms with Gasteiger partial charge in [-0.1, -0.05) is 38.8 Å². The Kier molecular flexibility index (Phi) is 8.64. The number of carbonyl (C=O) groups is 1. The molecule has 0 aliphatic heterocycles. The highest BCUT2D eigenvalue weighted by Gasteiger charge is 2.13. The Labute approximate surface area is 146 Å². The average molecular weight is 327 g/mol. The smallest absolute Gasteiger partial charge is 0.267 e. The fourth-order valence-corrected chi connectivity index (χ4v) is 2.36. The van der Waals surface area contributed by atoms with Gasteiger partial charge in [0.2, 0.25) is 0 Å². The highest BCUT2D eigenvalue weighted by Crippen LogP contribution is 2.18. The van der Waals surface area contributed by atoms with Crippen molar-refractivity contribution in [3.8, 4) is 6.07 Å². The maximum atomic E-state index is 12.5. The lowest BCUT2D eigenvalue weighted by Crippen LogP contribution is -2.23. The van der Waals surface area contributed by atoms with Crippen molar-refractivity contribution in [1.82, 2.24) is 4.90 Å². The molecule has 0 atom stereocenters. The number of hydrogen-bond donors (Lipinski definition) is 1. The maximum Gasteiger partial charge on any atom is 0.267 e. The number of anilines is 1. The van der Waals surface area contributed by atoms with E-state index in [0.29, 0.717) is 0 Å². The van der Waals surface area contributed by atoms with Crippen molar-refractivity contribution >= 4 is 11.6 Å². The molecule has 24 heavy (non-hydrogen) atoms. The van der Waals surface area contributed by atoms with Gasteiger partial charge in [0.05, 0.1) is 0 Å². The molecule has 4 nitrogen and oxygen atoms in total. The molecule has 0 saturated heterocycles. The standard InChI is InChI=1S/C20H29N3O/c1-5-7-12-23(13-8-6-2)15-18(14-21)20(24)22-19-11-9-10-16(3)17(19)4/h9-11,15H,5-8,12-13H2,1-4H3,(H,22,24)/b18-15-. The first-order chi connectivity index (χ1) is 11.5. The molecule has 1 N–H and O–H groups in total. The normalized spacial score (nSPS) is 11.0. The summed E-state index contributed by atoms with van der Waals surface area (Å²) in [7, 11) is 0. The van der Waals surface area contributed by atoms with E-state index in [1.165, 1.54) is 0 Å². The van der Waals surface area contributed by atoms with Crippen molar-refractivity contribution in [2.45, 2.75) is 53.4 Å². The molecule has 0 aliphatic rings. The Morgan fingerprint density at radius 2 is 1.83 bits per heavy atom. The van der Waals surface area contributed by atoms with Crippen LogP contribution in [0.3, 0.4) is 0 Å². The second kappa shape index (κ2) is 10.5. The number of rotatable bonds is 9. The van der Waals surface area contributed by atoms with Crippen LogP contribution in [0.4, 0.5) is 5.69 Å². The van der Waals surface area contributed by atoms with Crippen LogP contribution in [0.1, 0.15) is 50.7 Å². The highest BCUT2D eigenvalue weighted by molar-refractivity contribution is 6.06. The number of nitrogens with one attached hydrogen (secondary N) is 1. The molecule has 1 amide bonds. The van der Waals surface area contributed by atoms with Gasteiger partial charge < -0.3 is 10.2 Å². The van der Waals surface area contributed by atoms with Gasteiger partial charge in [-0.05, 0) is 43.9 Å². The molecule has 4 heteroatoms. The van der Waals surface area contributed by atoms with Crippen molar-refractivity contribution in [3.63, 3.8) is 0 Å². The van der Waals surface area contributed by atoms with Crippen LogP contribution in [-0.2, 0) is 4.79 Å². The van der Waals surface area contributed by atoms with E-state index in [1.807, 2.05) is 38.1 Å². The molecule has 0 radical (unpaired) electrons. The van der Waals surface area contributed by atoms with E-state index in [-0.39, 0.29) is 11.5 Å². The lowest BCUT2D eigenvalue weighted by Gasteiger charge is -2.20. The number of amides is 1. The van der Waals surface area contributed by atoms with E-state index in [2.05, 4.69) is 24.1 Å². The zero-order valence-corrected chi connectivity index (χ0v) is 15.4. The summed E-state index contributed by atoms with van der Waals surface area (Å²) in [4.78, 5) is 14.6. The predicted octanol–water partition coefficient (Wildman–Crippen LogP) is 4.55. The number of hydrogen-bond acceptors (Lipinski definition) is 3. The summed E-state index contributed by atoms with van der Waals surface area (Å²) in [5, 5.41) is 12.3. The van der Waals surface area contributed by atoms with Gasteiger partial charge in [-0.3, -0.25) is 4.79 Å². The summed E-state index contributed by atoms with van der Waals surface area (Å²) in [5.74, 6) is -0.343. The third-order valence-corrected chi connectivity index (χ3v) is 4.13. The second-order valence-corrected chi connectivity index (χ2v) is 6.10. The molecule has 0 unspecified atom stereocenters. The van der Waals surface area contributed by atoms with Crippen LogP contribution in [-0.4, -0.2) is 23.9 Å². The number of benzene rings is 1.